The Balaban J connectivity index is 2.05. The van der Waals surface area contributed by atoms with Crippen LogP contribution in [-0.2, 0) is 13.5 Å². The molecule has 0 fully saturated rings. The fraction of sp³-hybridized carbons (Fsp3) is 0.188. The molecule has 0 aliphatic carbocycles. The molecule has 0 atom stereocenters. The van der Waals surface area contributed by atoms with Crippen molar-refractivity contribution in [3.05, 3.63) is 47.7 Å². The number of oxime groups is 1. The Morgan fingerprint density at radius 1 is 1.42 bits per heavy atom. The highest BCUT2D eigenvalue weighted by Gasteiger charge is 2.26. The lowest BCUT2D eigenvalue weighted by Gasteiger charge is -2.11. The summed E-state index contributed by atoms with van der Waals surface area (Å²) in [7, 11) is 3.52. The molecule has 0 unspecified atom stereocenters. The SMILES string of the molecule is COc1ccc2c(c1)-c1nn(C)cc1Cc1c(/C(N)=N/O)ncn1-2. The normalized spacial score (nSPS) is 13.0. The van der Waals surface area contributed by atoms with Crippen molar-refractivity contribution in [1.82, 2.24) is 19.3 Å². The molecule has 2 aromatic heterocycles. The van der Waals surface area contributed by atoms with E-state index in [-0.39, 0.29) is 5.84 Å². The van der Waals surface area contributed by atoms with Crippen LogP contribution in [0.4, 0.5) is 0 Å². The molecule has 1 aromatic carbocycles. The first-order chi connectivity index (χ1) is 11.6. The maximum atomic E-state index is 9.02. The second kappa shape index (κ2) is 5.12. The molecular formula is C16H16N6O2. The van der Waals surface area contributed by atoms with Crippen molar-refractivity contribution in [2.75, 3.05) is 7.11 Å². The van der Waals surface area contributed by atoms with Crippen molar-refractivity contribution < 1.29 is 9.94 Å². The van der Waals surface area contributed by atoms with Crippen molar-refractivity contribution in [2.45, 2.75) is 6.42 Å². The van der Waals surface area contributed by atoms with Crippen molar-refractivity contribution in [3.63, 3.8) is 0 Å². The summed E-state index contributed by atoms with van der Waals surface area (Å²) in [6.07, 6.45) is 4.23. The molecule has 0 bridgehead atoms. The first-order valence-electron chi connectivity index (χ1n) is 7.37. The molecule has 3 heterocycles. The number of ether oxygens (including phenoxy) is 1. The van der Waals surface area contributed by atoms with E-state index in [0.717, 1.165) is 34.0 Å². The molecule has 8 heteroatoms. The van der Waals surface area contributed by atoms with E-state index in [9.17, 15) is 0 Å². The van der Waals surface area contributed by atoms with Crippen molar-refractivity contribution in [2.24, 2.45) is 17.9 Å². The average Bonchev–Trinajstić information content (AvgIpc) is 3.14. The monoisotopic (exact) mass is 324 g/mol. The third kappa shape index (κ3) is 1.96. The topological polar surface area (TPSA) is 103 Å². The van der Waals surface area contributed by atoms with Gasteiger partial charge in [-0.3, -0.25) is 4.68 Å². The van der Waals surface area contributed by atoms with Gasteiger partial charge in [-0.25, -0.2) is 4.98 Å². The molecule has 122 valence electrons. The van der Waals surface area contributed by atoms with Crippen LogP contribution in [0.2, 0.25) is 0 Å². The summed E-state index contributed by atoms with van der Waals surface area (Å²) >= 11 is 0. The molecule has 1 aliphatic heterocycles. The van der Waals surface area contributed by atoms with E-state index in [0.29, 0.717) is 12.1 Å². The minimum atomic E-state index is -0.00819. The summed E-state index contributed by atoms with van der Waals surface area (Å²) in [5.74, 6) is 0.747. The number of aromatic nitrogens is 4. The van der Waals surface area contributed by atoms with Crippen LogP contribution in [0.3, 0.4) is 0 Å². The van der Waals surface area contributed by atoms with Gasteiger partial charge in [0.25, 0.3) is 0 Å². The van der Waals surface area contributed by atoms with E-state index >= 15 is 0 Å². The van der Waals surface area contributed by atoms with Crippen molar-refractivity contribution >= 4 is 5.84 Å². The molecule has 1 aliphatic rings. The van der Waals surface area contributed by atoms with Crippen molar-refractivity contribution in [1.29, 1.82) is 0 Å². The van der Waals surface area contributed by atoms with Crippen LogP contribution in [-0.4, -0.2) is 37.5 Å². The van der Waals surface area contributed by atoms with Gasteiger partial charge in [0.05, 0.1) is 24.2 Å². The zero-order valence-electron chi connectivity index (χ0n) is 13.3. The predicted molar refractivity (Wildman–Crippen MR) is 87.6 cm³/mol. The Bertz CT molecular complexity index is 969. The van der Waals surface area contributed by atoms with Gasteiger partial charge in [0, 0.05) is 30.8 Å². The molecule has 0 radical (unpaired) electrons. The standard InChI is InChI=1S/C16H16N6O2/c1-21-7-9-5-13-15(16(17)20-23)18-8-22(13)12-4-3-10(24-2)6-11(12)14(9)19-21/h3-4,6-8,23H,5H2,1-2H3,(H2,17,20). The second-order valence-electron chi connectivity index (χ2n) is 5.63. The fourth-order valence-corrected chi connectivity index (χ4v) is 3.13. The number of nitrogens with two attached hydrogens (primary N) is 1. The number of imidazole rings is 1. The maximum Gasteiger partial charge on any atom is 0.190 e. The van der Waals surface area contributed by atoms with Gasteiger partial charge in [-0.2, -0.15) is 5.10 Å². The Morgan fingerprint density at radius 2 is 2.25 bits per heavy atom. The summed E-state index contributed by atoms with van der Waals surface area (Å²) in [5, 5.41) is 16.7. The highest BCUT2D eigenvalue weighted by molar-refractivity contribution is 5.97. The average molecular weight is 324 g/mol. The number of fused-ring (bicyclic) bond motifs is 5. The van der Waals surface area contributed by atoms with Crippen LogP contribution in [0.5, 0.6) is 5.75 Å². The molecule has 3 aromatic rings. The largest absolute Gasteiger partial charge is 0.497 e. The van der Waals surface area contributed by atoms with E-state index in [4.69, 9.17) is 15.7 Å². The van der Waals surface area contributed by atoms with E-state index in [1.807, 2.05) is 36.0 Å². The van der Waals surface area contributed by atoms with Gasteiger partial charge >= 0.3 is 0 Å². The Labute approximate surface area is 137 Å². The van der Waals surface area contributed by atoms with Crippen molar-refractivity contribution in [3.8, 4) is 22.7 Å². The number of benzene rings is 1. The third-order valence-electron chi connectivity index (χ3n) is 4.20. The van der Waals surface area contributed by atoms with Crippen LogP contribution in [0.25, 0.3) is 16.9 Å². The molecule has 0 spiro atoms. The first kappa shape index (κ1) is 14.3. The summed E-state index contributed by atoms with van der Waals surface area (Å²) in [5.41, 5.74) is 10.9. The van der Waals surface area contributed by atoms with E-state index in [1.165, 1.54) is 0 Å². The molecule has 24 heavy (non-hydrogen) atoms. The zero-order chi connectivity index (χ0) is 16.8. The highest BCUT2D eigenvalue weighted by atomic mass is 16.5. The number of methoxy groups -OCH3 is 1. The predicted octanol–water partition coefficient (Wildman–Crippen LogP) is 1.28. The summed E-state index contributed by atoms with van der Waals surface area (Å²) < 4.78 is 9.09. The van der Waals surface area contributed by atoms with Crippen LogP contribution >= 0.6 is 0 Å². The minimum absolute atomic E-state index is 0.00819. The Morgan fingerprint density at radius 3 is 3.00 bits per heavy atom. The number of aryl methyl sites for hydroxylation is 1. The number of rotatable bonds is 2. The van der Waals surface area contributed by atoms with E-state index < -0.39 is 0 Å². The Kier molecular flexibility index (Phi) is 3.05. The van der Waals surface area contributed by atoms with E-state index in [1.54, 1.807) is 18.1 Å². The Hall–Kier alpha value is -3.29. The van der Waals surface area contributed by atoms with Gasteiger partial charge in [0.2, 0.25) is 0 Å². The lowest BCUT2D eigenvalue weighted by molar-refractivity contribution is 0.318. The van der Waals surface area contributed by atoms with Gasteiger partial charge in [-0.15, -0.1) is 0 Å². The molecule has 8 nitrogen and oxygen atoms in total. The molecule has 0 amide bonds. The maximum absolute atomic E-state index is 9.02. The molecule has 0 saturated carbocycles. The van der Waals surface area contributed by atoms with Gasteiger partial charge in [0.1, 0.15) is 17.8 Å². The van der Waals surface area contributed by atoms with E-state index in [2.05, 4.69) is 15.2 Å². The quantitative estimate of drug-likeness (QED) is 0.250. The first-order valence-corrected chi connectivity index (χ1v) is 7.37. The van der Waals surface area contributed by atoms with Crippen LogP contribution in [0.1, 0.15) is 17.0 Å². The molecular weight excluding hydrogens is 308 g/mol. The second-order valence-corrected chi connectivity index (χ2v) is 5.63. The zero-order valence-corrected chi connectivity index (χ0v) is 13.3. The lowest BCUT2D eigenvalue weighted by atomic mass is 10.0. The van der Waals surface area contributed by atoms with Gasteiger partial charge in [-0.1, -0.05) is 5.16 Å². The van der Waals surface area contributed by atoms with Crippen LogP contribution < -0.4 is 10.5 Å². The molecule has 0 saturated heterocycles. The minimum Gasteiger partial charge on any atom is -0.497 e. The number of nitrogens with zero attached hydrogens (tertiary/aromatic N) is 5. The highest BCUT2D eigenvalue weighted by Crippen LogP contribution is 2.37. The molecule has 4 rings (SSSR count). The summed E-state index contributed by atoms with van der Waals surface area (Å²) in [6, 6.07) is 5.80. The van der Waals surface area contributed by atoms with Gasteiger partial charge in [0.15, 0.2) is 5.84 Å². The summed E-state index contributed by atoms with van der Waals surface area (Å²) in [4.78, 5) is 4.32. The number of hydrogen-bond acceptors (Lipinski definition) is 5. The van der Waals surface area contributed by atoms with Crippen LogP contribution in [0.15, 0.2) is 35.9 Å². The van der Waals surface area contributed by atoms with Gasteiger partial charge < -0.3 is 20.2 Å². The van der Waals surface area contributed by atoms with Gasteiger partial charge in [-0.05, 0) is 18.2 Å². The van der Waals surface area contributed by atoms with Crippen LogP contribution in [0, 0.1) is 0 Å². The molecule has 3 N–H and O–H groups in total. The third-order valence-corrected chi connectivity index (χ3v) is 4.20. The lowest BCUT2D eigenvalue weighted by Crippen LogP contribution is -2.16. The number of amidine groups is 1. The fourth-order valence-electron chi connectivity index (χ4n) is 3.13. The smallest absolute Gasteiger partial charge is 0.190 e. The summed E-state index contributed by atoms with van der Waals surface area (Å²) in [6.45, 7) is 0. The number of hydrogen-bond donors (Lipinski definition) is 2.